The Kier molecular flexibility index (Phi) is 4.47. The van der Waals surface area contributed by atoms with Crippen molar-refractivity contribution >= 4 is 11.4 Å². The Hall–Kier alpha value is -2.50. The van der Waals surface area contributed by atoms with Gasteiger partial charge in [-0.25, -0.2) is 8.78 Å². The van der Waals surface area contributed by atoms with E-state index in [1.807, 2.05) is 0 Å². The standard InChI is InChI=1S/C15H14F2N2O2/c1-10-6-7-12(16)15(14(10)17)18-9-8-11-4-2-3-5-13(11)19(20)21/h2-7,18H,8-9H2,1H3. The molecule has 2 rings (SSSR count). The molecule has 0 spiro atoms. The number of nitro benzene ring substituents is 1. The van der Waals surface area contributed by atoms with Crippen molar-refractivity contribution in [2.24, 2.45) is 0 Å². The second-order valence-electron chi connectivity index (χ2n) is 4.62. The van der Waals surface area contributed by atoms with Crippen molar-refractivity contribution < 1.29 is 13.7 Å². The van der Waals surface area contributed by atoms with Gasteiger partial charge in [0.05, 0.1) is 4.92 Å². The molecular formula is C15H14F2N2O2. The first-order valence-corrected chi connectivity index (χ1v) is 6.41. The molecule has 4 nitrogen and oxygen atoms in total. The van der Waals surface area contributed by atoms with Crippen LogP contribution < -0.4 is 5.32 Å². The zero-order valence-electron chi connectivity index (χ0n) is 11.4. The summed E-state index contributed by atoms with van der Waals surface area (Å²) in [6.07, 6.45) is 0.296. The fourth-order valence-corrected chi connectivity index (χ4v) is 2.04. The summed E-state index contributed by atoms with van der Waals surface area (Å²) in [6, 6.07) is 8.85. The lowest BCUT2D eigenvalue weighted by molar-refractivity contribution is -0.385. The minimum Gasteiger partial charge on any atom is -0.380 e. The van der Waals surface area contributed by atoms with Crippen molar-refractivity contribution in [1.82, 2.24) is 0 Å². The lowest BCUT2D eigenvalue weighted by Crippen LogP contribution is -2.10. The molecule has 0 saturated carbocycles. The first kappa shape index (κ1) is 14.9. The van der Waals surface area contributed by atoms with Crippen LogP contribution in [0.2, 0.25) is 0 Å². The normalized spacial score (nSPS) is 10.4. The van der Waals surface area contributed by atoms with E-state index in [-0.39, 0.29) is 17.9 Å². The fourth-order valence-electron chi connectivity index (χ4n) is 2.04. The molecule has 2 aromatic rings. The number of nitrogens with one attached hydrogen (secondary N) is 1. The topological polar surface area (TPSA) is 55.2 Å². The summed E-state index contributed by atoms with van der Waals surface area (Å²) < 4.78 is 27.3. The van der Waals surface area contributed by atoms with Crippen LogP contribution in [0.4, 0.5) is 20.2 Å². The highest BCUT2D eigenvalue weighted by Crippen LogP contribution is 2.22. The highest BCUT2D eigenvalue weighted by atomic mass is 19.1. The van der Waals surface area contributed by atoms with E-state index >= 15 is 0 Å². The molecule has 0 aromatic heterocycles. The second kappa shape index (κ2) is 6.30. The van der Waals surface area contributed by atoms with E-state index in [4.69, 9.17) is 0 Å². The van der Waals surface area contributed by atoms with Gasteiger partial charge >= 0.3 is 0 Å². The lowest BCUT2D eigenvalue weighted by atomic mass is 10.1. The third kappa shape index (κ3) is 3.34. The van der Waals surface area contributed by atoms with Crippen LogP contribution >= 0.6 is 0 Å². The molecule has 1 N–H and O–H groups in total. The Bertz CT molecular complexity index is 675. The van der Waals surface area contributed by atoms with Gasteiger partial charge in [0.2, 0.25) is 0 Å². The van der Waals surface area contributed by atoms with Crippen molar-refractivity contribution in [2.45, 2.75) is 13.3 Å². The summed E-state index contributed by atoms with van der Waals surface area (Å²) in [7, 11) is 0. The molecule has 0 aliphatic carbocycles. The summed E-state index contributed by atoms with van der Waals surface area (Å²) >= 11 is 0. The SMILES string of the molecule is Cc1ccc(F)c(NCCc2ccccc2[N+](=O)[O-])c1F. The Balaban J connectivity index is 2.09. The monoisotopic (exact) mass is 292 g/mol. The summed E-state index contributed by atoms with van der Waals surface area (Å²) in [5, 5.41) is 13.5. The summed E-state index contributed by atoms with van der Waals surface area (Å²) in [4.78, 5) is 10.4. The van der Waals surface area contributed by atoms with Gasteiger partial charge in [-0.3, -0.25) is 10.1 Å². The number of para-hydroxylation sites is 1. The van der Waals surface area contributed by atoms with Gasteiger partial charge in [-0.2, -0.15) is 0 Å². The molecule has 0 aliphatic heterocycles. The van der Waals surface area contributed by atoms with E-state index in [1.54, 1.807) is 25.1 Å². The fraction of sp³-hybridized carbons (Fsp3) is 0.200. The summed E-state index contributed by atoms with van der Waals surface area (Å²) in [6.45, 7) is 1.74. The number of nitro groups is 1. The Morgan fingerprint density at radius 3 is 2.62 bits per heavy atom. The van der Waals surface area contributed by atoms with E-state index in [9.17, 15) is 18.9 Å². The molecule has 0 aliphatic rings. The maximum absolute atomic E-state index is 13.8. The molecule has 0 radical (unpaired) electrons. The van der Waals surface area contributed by atoms with E-state index < -0.39 is 16.6 Å². The maximum Gasteiger partial charge on any atom is 0.272 e. The van der Waals surface area contributed by atoms with Crippen LogP contribution in [0.25, 0.3) is 0 Å². The first-order valence-electron chi connectivity index (χ1n) is 6.41. The molecule has 6 heteroatoms. The number of benzene rings is 2. The molecule has 110 valence electrons. The second-order valence-corrected chi connectivity index (χ2v) is 4.62. The number of anilines is 1. The van der Waals surface area contributed by atoms with Crippen molar-refractivity contribution in [3.63, 3.8) is 0 Å². The highest BCUT2D eigenvalue weighted by Gasteiger charge is 2.14. The van der Waals surface area contributed by atoms with Crippen LogP contribution in [0.3, 0.4) is 0 Å². The molecule has 0 bridgehead atoms. The van der Waals surface area contributed by atoms with Gasteiger partial charge < -0.3 is 5.32 Å². The van der Waals surface area contributed by atoms with Crippen molar-refractivity contribution in [3.05, 3.63) is 69.3 Å². The quantitative estimate of drug-likeness (QED) is 0.673. The Labute approximate surface area is 120 Å². The predicted octanol–water partition coefficient (Wildman–Crippen LogP) is 3.84. The highest BCUT2D eigenvalue weighted by molar-refractivity contribution is 5.49. The zero-order chi connectivity index (χ0) is 15.4. The van der Waals surface area contributed by atoms with Crippen LogP contribution in [-0.4, -0.2) is 11.5 Å². The van der Waals surface area contributed by atoms with E-state index in [0.29, 0.717) is 17.5 Å². The molecule has 21 heavy (non-hydrogen) atoms. The minimum atomic E-state index is -0.680. The number of hydrogen-bond donors (Lipinski definition) is 1. The maximum atomic E-state index is 13.8. The molecule has 0 heterocycles. The zero-order valence-corrected chi connectivity index (χ0v) is 11.4. The van der Waals surface area contributed by atoms with Gasteiger partial charge in [0.1, 0.15) is 11.5 Å². The van der Waals surface area contributed by atoms with E-state index in [2.05, 4.69) is 5.32 Å². The van der Waals surface area contributed by atoms with Crippen LogP contribution in [0.5, 0.6) is 0 Å². The van der Waals surface area contributed by atoms with Crippen LogP contribution in [0, 0.1) is 28.7 Å². The summed E-state index contributed by atoms with van der Waals surface area (Å²) in [5.74, 6) is -1.32. The van der Waals surface area contributed by atoms with Gasteiger partial charge in [-0.1, -0.05) is 24.3 Å². The molecular weight excluding hydrogens is 278 g/mol. The van der Waals surface area contributed by atoms with Crippen LogP contribution in [0.1, 0.15) is 11.1 Å². The molecule has 0 saturated heterocycles. The molecule has 0 fully saturated rings. The van der Waals surface area contributed by atoms with Crippen LogP contribution in [-0.2, 0) is 6.42 Å². The van der Waals surface area contributed by atoms with Gasteiger partial charge in [-0.05, 0) is 25.0 Å². The lowest BCUT2D eigenvalue weighted by Gasteiger charge is -2.10. The van der Waals surface area contributed by atoms with Crippen LogP contribution in [0.15, 0.2) is 36.4 Å². The number of halogens is 2. The average Bonchev–Trinajstić information content (AvgIpc) is 2.47. The number of aryl methyl sites for hydroxylation is 1. The number of rotatable bonds is 5. The summed E-state index contributed by atoms with van der Waals surface area (Å²) in [5.41, 5.74) is 0.658. The third-order valence-electron chi connectivity index (χ3n) is 3.17. The molecule has 0 unspecified atom stereocenters. The van der Waals surface area contributed by atoms with Crippen molar-refractivity contribution in [2.75, 3.05) is 11.9 Å². The predicted molar refractivity (Wildman–Crippen MR) is 76.4 cm³/mol. The first-order chi connectivity index (χ1) is 10.0. The van der Waals surface area contributed by atoms with Crippen molar-refractivity contribution in [3.8, 4) is 0 Å². The molecule has 0 amide bonds. The number of nitrogens with zero attached hydrogens (tertiary/aromatic N) is 1. The molecule has 2 aromatic carbocycles. The van der Waals surface area contributed by atoms with Gasteiger partial charge in [0.25, 0.3) is 5.69 Å². The number of hydrogen-bond acceptors (Lipinski definition) is 3. The van der Waals surface area contributed by atoms with Crippen molar-refractivity contribution in [1.29, 1.82) is 0 Å². The van der Waals surface area contributed by atoms with E-state index in [0.717, 1.165) is 0 Å². The Morgan fingerprint density at radius 1 is 1.19 bits per heavy atom. The van der Waals surface area contributed by atoms with E-state index in [1.165, 1.54) is 18.2 Å². The minimum absolute atomic E-state index is 0.00415. The average molecular weight is 292 g/mol. The Morgan fingerprint density at radius 2 is 1.90 bits per heavy atom. The van der Waals surface area contributed by atoms with Gasteiger partial charge in [0, 0.05) is 18.2 Å². The van der Waals surface area contributed by atoms with Gasteiger partial charge in [0.15, 0.2) is 5.82 Å². The third-order valence-corrected chi connectivity index (χ3v) is 3.17. The smallest absolute Gasteiger partial charge is 0.272 e. The largest absolute Gasteiger partial charge is 0.380 e. The molecule has 0 atom stereocenters. The van der Waals surface area contributed by atoms with Gasteiger partial charge in [-0.15, -0.1) is 0 Å².